The summed E-state index contributed by atoms with van der Waals surface area (Å²) in [5.74, 6) is 0. The second-order valence-corrected chi connectivity index (χ2v) is 12.6. The Bertz CT molecular complexity index is 770. The minimum atomic E-state index is 0.268. The number of hydrazine groups is 1. The molecule has 6 aliphatic heterocycles. The average Bonchev–Trinajstić information content (AvgIpc) is 3.41. The molecular formula is C26H44N6. The molecule has 6 rings (SSSR count). The average molecular weight is 441 g/mol. The number of hydrogen-bond acceptors (Lipinski definition) is 6. The van der Waals surface area contributed by atoms with Gasteiger partial charge in [-0.2, -0.15) is 0 Å². The first kappa shape index (κ1) is 21.5. The van der Waals surface area contributed by atoms with Gasteiger partial charge in [-0.25, -0.2) is 0 Å². The largest absolute Gasteiger partial charge is 0.304 e. The zero-order valence-electron chi connectivity index (χ0n) is 21.3. The molecule has 0 radical (unpaired) electrons. The topological polar surface area (TPSA) is 19.4 Å². The maximum Gasteiger partial charge on any atom is 0.0647 e. The van der Waals surface area contributed by atoms with E-state index in [1.165, 1.54) is 78.3 Å². The van der Waals surface area contributed by atoms with E-state index in [0.717, 1.165) is 0 Å². The van der Waals surface area contributed by atoms with E-state index in [2.05, 4.69) is 71.4 Å². The Kier molecular flexibility index (Phi) is 4.83. The summed E-state index contributed by atoms with van der Waals surface area (Å²) < 4.78 is 0. The Balaban J connectivity index is 1.29. The van der Waals surface area contributed by atoms with Crippen LogP contribution in [0.1, 0.15) is 40.5 Å². The molecular weight excluding hydrogens is 396 g/mol. The lowest BCUT2D eigenvalue weighted by atomic mass is 9.73. The molecule has 4 fully saturated rings. The van der Waals surface area contributed by atoms with Crippen molar-refractivity contribution in [2.24, 2.45) is 10.8 Å². The number of likely N-dealkylation sites (N-methyl/N-ethyl adjacent to an activating group) is 2. The van der Waals surface area contributed by atoms with Gasteiger partial charge in [-0.3, -0.25) is 19.8 Å². The Morgan fingerprint density at radius 1 is 0.594 bits per heavy atom. The van der Waals surface area contributed by atoms with Crippen molar-refractivity contribution < 1.29 is 0 Å². The maximum atomic E-state index is 2.80. The standard InChI is InChI=1S/C26H44N6/c1-25(2)19(17-29-11-7-27(5)8-12-29)21-16-24-26(3,4)20(18-30-13-9-28(6)10-14-30)22-15-23(25)31(21)32(22)24/h23-24H,7-18H2,1-6H3. The van der Waals surface area contributed by atoms with Crippen molar-refractivity contribution in [1.82, 2.24) is 29.6 Å². The highest BCUT2D eigenvalue weighted by Crippen LogP contribution is 2.64. The molecule has 32 heavy (non-hydrogen) atoms. The third-order valence-corrected chi connectivity index (χ3v) is 10.0. The molecule has 0 aromatic rings. The molecule has 0 aliphatic carbocycles. The monoisotopic (exact) mass is 440 g/mol. The van der Waals surface area contributed by atoms with Crippen LogP contribution in [-0.4, -0.2) is 121 Å². The van der Waals surface area contributed by atoms with Gasteiger partial charge in [0.05, 0.1) is 12.1 Å². The number of hydrogen-bond donors (Lipinski definition) is 0. The maximum absolute atomic E-state index is 2.80. The lowest BCUT2D eigenvalue weighted by Gasteiger charge is -2.39. The fraction of sp³-hybridized carbons (Fsp3) is 0.846. The highest BCUT2D eigenvalue weighted by molar-refractivity contribution is 5.46. The molecule has 0 aromatic heterocycles. The van der Waals surface area contributed by atoms with Gasteiger partial charge in [0.2, 0.25) is 0 Å². The Morgan fingerprint density at radius 2 is 0.938 bits per heavy atom. The van der Waals surface area contributed by atoms with Gasteiger partial charge in [-0.1, -0.05) is 27.7 Å². The van der Waals surface area contributed by atoms with Gasteiger partial charge in [-0.15, -0.1) is 0 Å². The summed E-state index contributed by atoms with van der Waals surface area (Å²) in [4.78, 5) is 10.4. The van der Waals surface area contributed by atoms with E-state index in [1.807, 2.05) is 0 Å². The van der Waals surface area contributed by atoms with Crippen molar-refractivity contribution in [2.75, 3.05) is 79.5 Å². The molecule has 4 saturated heterocycles. The normalized spacial score (nSPS) is 35.1. The summed E-state index contributed by atoms with van der Waals surface area (Å²) in [5, 5.41) is 5.59. The smallest absolute Gasteiger partial charge is 0.0647 e. The van der Waals surface area contributed by atoms with Gasteiger partial charge < -0.3 is 9.80 Å². The first-order chi connectivity index (χ1) is 15.2. The second-order valence-electron chi connectivity index (χ2n) is 12.6. The molecule has 0 saturated carbocycles. The van der Waals surface area contributed by atoms with Gasteiger partial charge in [0, 0.05) is 101 Å². The van der Waals surface area contributed by atoms with E-state index in [0.29, 0.717) is 12.1 Å². The lowest BCUT2D eigenvalue weighted by molar-refractivity contribution is 0.0327. The highest BCUT2D eigenvalue weighted by atomic mass is 15.7. The minimum Gasteiger partial charge on any atom is -0.304 e. The zero-order chi connectivity index (χ0) is 22.4. The molecule has 6 heterocycles. The third kappa shape index (κ3) is 2.98. The molecule has 6 heteroatoms. The van der Waals surface area contributed by atoms with Crippen LogP contribution in [0.4, 0.5) is 0 Å². The van der Waals surface area contributed by atoms with E-state index in [-0.39, 0.29) is 10.8 Å². The SMILES string of the molecule is CN1CCN(CC2=C3CC4N5C(=C(CN6CCN(C)CC6)C4(C)C)CC(N35)C2(C)C)CC1. The van der Waals surface area contributed by atoms with E-state index in [4.69, 9.17) is 0 Å². The van der Waals surface area contributed by atoms with E-state index >= 15 is 0 Å². The van der Waals surface area contributed by atoms with Gasteiger partial charge in [0.1, 0.15) is 0 Å². The molecule has 2 unspecified atom stereocenters. The molecule has 0 aromatic carbocycles. The Labute approximate surface area is 195 Å². The molecule has 0 spiro atoms. The predicted molar refractivity (Wildman–Crippen MR) is 130 cm³/mol. The second kappa shape index (κ2) is 7.21. The van der Waals surface area contributed by atoms with Crippen molar-refractivity contribution in [2.45, 2.75) is 52.6 Å². The zero-order valence-corrected chi connectivity index (χ0v) is 21.3. The lowest BCUT2D eigenvalue weighted by Crippen LogP contribution is -2.47. The van der Waals surface area contributed by atoms with Crippen LogP contribution in [0.3, 0.4) is 0 Å². The van der Waals surface area contributed by atoms with Gasteiger partial charge >= 0.3 is 0 Å². The summed E-state index contributed by atoms with van der Waals surface area (Å²) in [5.41, 5.74) is 7.40. The van der Waals surface area contributed by atoms with Crippen molar-refractivity contribution in [3.63, 3.8) is 0 Å². The number of piperazine rings is 2. The summed E-state index contributed by atoms with van der Waals surface area (Å²) in [7, 11) is 4.52. The van der Waals surface area contributed by atoms with Gasteiger partial charge in [-0.05, 0) is 25.2 Å². The van der Waals surface area contributed by atoms with Crippen molar-refractivity contribution in [3.8, 4) is 0 Å². The van der Waals surface area contributed by atoms with Crippen LogP contribution in [0.15, 0.2) is 22.5 Å². The van der Waals surface area contributed by atoms with Crippen LogP contribution < -0.4 is 0 Å². The van der Waals surface area contributed by atoms with Crippen molar-refractivity contribution >= 4 is 0 Å². The minimum absolute atomic E-state index is 0.268. The number of rotatable bonds is 4. The first-order valence-corrected chi connectivity index (χ1v) is 13.0. The molecule has 6 aliphatic rings. The predicted octanol–water partition coefficient (Wildman–Crippen LogP) is 2.13. The molecule has 6 nitrogen and oxygen atoms in total. The quantitative estimate of drug-likeness (QED) is 0.662. The molecule has 0 bridgehead atoms. The van der Waals surface area contributed by atoms with Crippen LogP contribution in [0.5, 0.6) is 0 Å². The Morgan fingerprint density at radius 3 is 1.28 bits per heavy atom. The highest BCUT2D eigenvalue weighted by Gasteiger charge is 2.64. The molecule has 178 valence electrons. The van der Waals surface area contributed by atoms with E-state index in [1.54, 1.807) is 22.5 Å². The van der Waals surface area contributed by atoms with E-state index < -0.39 is 0 Å². The van der Waals surface area contributed by atoms with Crippen LogP contribution in [-0.2, 0) is 0 Å². The van der Waals surface area contributed by atoms with Crippen LogP contribution in [0.25, 0.3) is 0 Å². The van der Waals surface area contributed by atoms with Crippen molar-refractivity contribution in [3.05, 3.63) is 22.5 Å². The molecule has 0 N–H and O–H groups in total. The summed E-state index contributed by atoms with van der Waals surface area (Å²) in [6.45, 7) is 22.2. The first-order valence-electron chi connectivity index (χ1n) is 13.0. The number of nitrogens with zero attached hydrogens (tertiary/aromatic N) is 6. The third-order valence-electron chi connectivity index (χ3n) is 10.0. The summed E-state index contributed by atoms with van der Waals surface area (Å²) in [6.07, 6.45) is 2.48. The fourth-order valence-electron chi connectivity index (χ4n) is 7.50. The van der Waals surface area contributed by atoms with Gasteiger partial charge in [0.25, 0.3) is 0 Å². The van der Waals surface area contributed by atoms with E-state index in [9.17, 15) is 0 Å². The van der Waals surface area contributed by atoms with Crippen LogP contribution in [0.2, 0.25) is 0 Å². The molecule has 2 atom stereocenters. The van der Waals surface area contributed by atoms with Crippen LogP contribution in [0, 0.1) is 10.8 Å². The van der Waals surface area contributed by atoms with Crippen molar-refractivity contribution in [1.29, 1.82) is 0 Å². The van der Waals surface area contributed by atoms with Crippen LogP contribution >= 0.6 is 0 Å². The Hall–Kier alpha value is -1.08. The van der Waals surface area contributed by atoms with Gasteiger partial charge in [0.15, 0.2) is 0 Å². The summed E-state index contributed by atoms with van der Waals surface area (Å²) >= 11 is 0. The fourth-order valence-corrected chi connectivity index (χ4v) is 7.50. The molecule has 0 amide bonds. The summed E-state index contributed by atoms with van der Waals surface area (Å²) in [6, 6.07) is 1.25.